The Hall–Kier alpha value is -1.03. The molecule has 0 bridgehead atoms. The van der Waals surface area contributed by atoms with Gasteiger partial charge in [0.2, 0.25) is 0 Å². The molecule has 0 aromatic heterocycles. The van der Waals surface area contributed by atoms with Crippen molar-refractivity contribution in [2.75, 3.05) is 13.2 Å². The Bertz CT molecular complexity index is 451. The van der Waals surface area contributed by atoms with E-state index in [9.17, 15) is 9.90 Å². The average Bonchev–Trinajstić information content (AvgIpc) is 2.86. The Balaban J connectivity index is 2.89. The third-order valence-electron chi connectivity index (χ3n) is 5.34. The van der Waals surface area contributed by atoms with E-state index in [1.54, 1.807) is 0 Å². The third-order valence-corrected chi connectivity index (χ3v) is 5.34. The summed E-state index contributed by atoms with van der Waals surface area (Å²) in [5, 5.41) is 12.1. The zero-order chi connectivity index (χ0) is 18.6. The molecule has 0 fully saturated rings. The van der Waals surface area contributed by atoms with Crippen LogP contribution in [0.3, 0.4) is 0 Å². The van der Waals surface area contributed by atoms with Gasteiger partial charge in [-0.1, -0.05) is 53.9 Å². The first-order valence-electron chi connectivity index (χ1n) is 9.50. The number of rotatable bonds is 8. The van der Waals surface area contributed by atoms with E-state index in [0.29, 0.717) is 12.6 Å². The van der Waals surface area contributed by atoms with Crippen molar-refractivity contribution in [3.63, 3.8) is 0 Å². The van der Waals surface area contributed by atoms with Crippen LogP contribution < -0.4 is 5.11 Å². The molecule has 0 spiro atoms. The molecule has 0 aromatic rings. The van der Waals surface area contributed by atoms with Crippen LogP contribution >= 0.6 is 0 Å². The predicted molar refractivity (Wildman–Crippen MR) is 97.8 cm³/mol. The maximum Gasteiger partial charge on any atom is 0.264 e. The van der Waals surface area contributed by atoms with Crippen LogP contribution in [0, 0.1) is 11.3 Å². The van der Waals surface area contributed by atoms with Gasteiger partial charge in [0.1, 0.15) is 11.7 Å². The monoisotopic (exact) mass is 338 g/mol. The molecule has 1 aliphatic rings. The summed E-state index contributed by atoms with van der Waals surface area (Å²) in [5.74, 6) is 0.627. The maximum atomic E-state index is 12.1. The summed E-state index contributed by atoms with van der Waals surface area (Å²) in [6, 6.07) is 0. The molecule has 1 aliphatic heterocycles. The van der Waals surface area contributed by atoms with Crippen molar-refractivity contribution in [3.05, 3.63) is 12.4 Å². The Morgan fingerprint density at radius 3 is 2.33 bits per heavy atom. The normalized spacial score (nSPS) is 22.9. The molecule has 0 aliphatic carbocycles. The van der Waals surface area contributed by atoms with Crippen LogP contribution in [0.5, 0.6) is 0 Å². The summed E-state index contributed by atoms with van der Waals surface area (Å²) < 4.78 is -0.103. The molecule has 1 heterocycles. The molecule has 0 saturated heterocycles. The first-order chi connectivity index (χ1) is 11.0. The van der Waals surface area contributed by atoms with Crippen LogP contribution in [-0.4, -0.2) is 34.2 Å². The van der Waals surface area contributed by atoms with Gasteiger partial charge in [-0.2, -0.15) is 0 Å². The number of carbonyl (C=O) groups is 1. The highest BCUT2D eigenvalue weighted by Gasteiger charge is 2.49. The second-order valence-electron chi connectivity index (χ2n) is 9.31. The summed E-state index contributed by atoms with van der Waals surface area (Å²) in [5.41, 5.74) is -0.341. The number of amides is 1. The van der Waals surface area contributed by atoms with Gasteiger partial charge in [-0.25, -0.2) is 4.48 Å². The molecule has 4 heteroatoms. The number of hydrogen-bond donors (Lipinski definition) is 0. The number of nitrogens with zero attached hydrogens (tertiary/aromatic N) is 2. The van der Waals surface area contributed by atoms with E-state index in [0.717, 1.165) is 19.4 Å². The second-order valence-corrected chi connectivity index (χ2v) is 9.31. The van der Waals surface area contributed by atoms with Gasteiger partial charge >= 0.3 is 0 Å². The number of unbranched alkanes of at least 4 members (excludes halogenated alkanes) is 1. The van der Waals surface area contributed by atoms with Crippen LogP contribution in [0.2, 0.25) is 0 Å². The van der Waals surface area contributed by atoms with Gasteiger partial charge in [-0.05, 0) is 31.6 Å². The Kier molecular flexibility index (Phi) is 6.92. The summed E-state index contributed by atoms with van der Waals surface area (Å²) in [6.45, 7) is 16.5. The third kappa shape index (κ3) is 4.98. The fraction of sp³-hybridized carbons (Fsp3) is 0.850. The predicted octanol–water partition coefficient (Wildman–Crippen LogP) is 4.32. The van der Waals surface area contributed by atoms with E-state index in [2.05, 4.69) is 53.4 Å². The van der Waals surface area contributed by atoms with Gasteiger partial charge in [0, 0.05) is 13.0 Å². The lowest BCUT2D eigenvalue weighted by molar-refractivity contribution is -0.879. The summed E-state index contributed by atoms with van der Waals surface area (Å²) in [4.78, 5) is 14.3. The molecule has 0 saturated carbocycles. The van der Waals surface area contributed by atoms with E-state index in [4.69, 9.17) is 0 Å². The Morgan fingerprint density at radius 2 is 1.88 bits per heavy atom. The van der Waals surface area contributed by atoms with E-state index >= 15 is 0 Å². The standard InChI is InChI=1S/C20H38N2O2/c1-8-10-11-17(9-2)14-21-12-13-22(16-21,18(23)24)20(6,7)15-19(3,4)5/h12-13,17H,8-11,14-16H2,1-7H3. The molecular formula is C20H38N2O2. The lowest BCUT2D eigenvalue weighted by Crippen LogP contribution is -2.66. The molecule has 4 nitrogen and oxygen atoms in total. The fourth-order valence-electron chi connectivity index (χ4n) is 4.15. The lowest BCUT2D eigenvalue weighted by Gasteiger charge is -2.47. The van der Waals surface area contributed by atoms with Crippen molar-refractivity contribution in [3.8, 4) is 0 Å². The molecule has 1 amide bonds. The summed E-state index contributed by atoms with van der Waals surface area (Å²) in [6.07, 6.45) is 8.46. The fourth-order valence-corrected chi connectivity index (χ4v) is 4.15. The van der Waals surface area contributed by atoms with Crippen molar-refractivity contribution in [1.29, 1.82) is 0 Å². The topological polar surface area (TPSA) is 43.4 Å². The molecule has 0 N–H and O–H groups in total. The van der Waals surface area contributed by atoms with Gasteiger partial charge in [0.25, 0.3) is 6.09 Å². The maximum absolute atomic E-state index is 12.1. The minimum atomic E-state index is -0.996. The largest absolute Gasteiger partial charge is 0.498 e. The van der Waals surface area contributed by atoms with Crippen LogP contribution in [-0.2, 0) is 0 Å². The highest BCUT2D eigenvalue weighted by atomic mass is 16.4. The Labute approximate surface area is 149 Å². The first-order valence-corrected chi connectivity index (χ1v) is 9.50. The zero-order valence-electron chi connectivity index (χ0n) is 16.9. The minimum Gasteiger partial charge on any atom is -0.498 e. The van der Waals surface area contributed by atoms with Crippen molar-refractivity contribution < 1.29 is 14.4 Å². The molecule has 140 valence electrons. The van der Waals surface area contributed by atoms with Crippen LogP contribution in [0.1, 0.15) is 80.6 Å². The second kappa shape index (κ2) is 7.90. The Morgan fingerprint density at radius 1 is 1.25 bits per heavy atom. The van der Waals surface area contributed by atoms with E-state index < -0.39 is 11.6 Å². The zero-order valence-corrected chi connectivity index (χ0v) is 16.9. The van der Waals surface area contributed by atoms with Crippen molar-refractivity contribution in [1.82, 2.24) is 4.90 Å². The smallest absolute Gasteiger partial charge is 0.264 e. The SMILES string of the molecule is CCCCC(CC)CN1C=C[N+](C(=O)[O-])(C(C)(C)CC(C)(C)C)C1. The van der Waals surface area contributed by atoms with Gasteiger partial charge in [-0.15, -0.1) is 0 Å². The lowest BCUT2D eigenvalue weighted by atomic mass is 9.80. The molecule has 2 atom stereocenters. The number of hydrogen-bond acceptors (Lipinski definition) is 3. The minimum absolute atomic E-state index is 0.0680. The number of carboxylic acid groups (broad SMARTS) is 1. The summed E-state index contributed by atoms with van der Waals surface area (Å²) >= 11 is 0. The van der Waals surface area contributed by atoms with Crippen molar-refractivity contribution in [2.45, 2.75) is 86.1 Å². The van der Waals surface area contributed by atoms with Gasteiger partial charge in [-0.3, -0.25) is 0 Å². The average molecular weight is 339 g/mol. The first kappa shape index (κ1) is 21.0. The van der Waals surface area contributed by atoms with Crippen LogP contribution in [0.15, 0.2) is 12.4 Å². The van der Waals surface area contributed by atoms with Gasteiger partial charge in [0.15, 0.2) is 6.67 Å². The number of carbonyl (C=O) groups excluding carboxylic acids is 1. The van der Waals surface area contributed by atoms with Crippen LogP contribution in [0.25, 0.3) is 0 Å². The van der Waals surface area contributed by atoms with E-state index in [-0.39, 0.29) is 9.90 Å². The van der Waals surface area contributed by atoms with Crippen molar-refractivity contribution in [2.24, 2.45) is 11.3 Å². The quantitative estimate of drug-likeness (QED) is 0.619. The van der Waals surface area contributed by atoms with E-state index in [1.807, 2.05) is 12.4 Å². The van der Waals surface area contributed by atoms with E-state index in [1.165, 1.54) is 19.3 Å². The molecule has 0 radical (unpaired) electrons. The number of quaternary nitrogens is 1. The molecule has 1 rings (SSSR count). The molecular weight excluding hydrogens is 300 g/mol. The highest BCUT2D eigenvalue weighted by molar-refractivity contribution is 5.56. The summed E-state index contributed by atoms with van der Waals surface area (Å²) in [7, 11) is 0. The molecule has 2 unspecified atom stereocenters. The van der Waals surface area contributed by atoms with Crippen molar-refractivity contribution >= 4 is 6.09 Å². The molecule has 24 heavy (non-hydrogen) atoms. The highest BCUT2D eigenvalue weighted by Crippen LogP contribution is 2.39. The van der Waals surface area contributed by atoms with Crippen LogP contribution in [0.4, 0.5) is 4.79 Å². The molecule has 0 aromatic carbocycles. The van der Waals surface area contributed by atoms with Gasteiger partial charge in [0.05, 0.1) is 6.20 Å². The van der Waals surface area contributed by atoms with Gasteiger partial charge < -0.3 is 14.8 Å².